The third kappa shape index (κ3) is 5.38. The molecule has 0 fully saturated rings. The molecule has 0 aliphatic rings. The minimum atomic E-state index is -3.80. The average molecular weight is 465 g/mol. The number of anilines is 1. The second kappa shape index (κ2) is 9.29. The molecular weight excluding hydrogens is 448 g/mol. The lowest BCUT2D eigenvalue weighted by atomic mass is 10.1. The van der Waals surface area contributed by atoms with Gasteiger partial charge in [0.1, 0.15) is 4.21 Å². The van der Waals surface area contributed by atoms with Crippen molar-refractivity contribution in [3.05, 3.63) is 81.7 Å². The highest BCUT2D eigenvalue weighted by atomic mass is 35.5. The number of sulfonamides is 1. The summed E-state index contributed by atoms with van der Waals surface area (Å²) >= 11 is 6.98. The van der Waals surface area contributed by atoms with Crippen LogP contribution >= 0.6 is 22.9 Å². The quantitative estimate of drug-likeness (QED) is 0.516. The summed E-state index contributed by atoms with van der Waals surface area (Å²) in [7, 11) is -2.57. The Kier molecular flexibility index (Phi) is 6.76. The first-order valence-corrected chi connectivity index (χ1v) is 11.3. The topological polar surface area (TPSA) is 102 Å². The van der Waals surface area contributed by atoms with Crippen LogP contribution in [-0.2, 0) is 21.3 Å². The van der Waals surface area contributed by atoms with E-state index < -0.39 is 16.0 Å². The molecule has 1 heterocycles. The molecule has 10 heteroatoms. The van der Waals surface area contributed by atoms with Crippen LogP contribution in [0.15, 0.2) is 64.2 Å². The summed E-state index contributed by atoms with van der Waals surface area (Å²) < 4.78 is 32.4. The Morgan fingerprint density at radius 1 is 1.07 bits per heavy atom. The molecule has 0 saturated carbocycles. The number of methoxy groups -OCH3 is 1. The number of thiophene rings is 1. The van der Waals surface area contributed by atoms with Crippen molar-refractivity contribution in [3.63, 3.8) is 0 Å². The maximum atomic E-state index is 12.5. The molecule has 30 heavy (non-hydrogen) atoms. The van der Waals surface area contributed by atoms with Gasteiger partial charge in [0.15, 0.2) is 0 Å². The fourth-order valence-corrected chi connectivity index (χ4v) is 4.85. The minimum Gasteiger partial charge on any atom is -0.465 e. The molecule has 1 aromatic heterocycles. The van der Waals surface area contributed by atoms with Gasteiger partial charge in [-0.25, -0.2) is 13.2 Å². The van der Waals surface area contributed by atoms with Crippen molar-refractivity contribution in [1.29, 1.82) is 0 Å². The zero-order chi connectivity index (χ0) is 21.7. The van der Waals surface area contributed by atoms with Crippen LogP contribution in [0, 0.1) is 0 Å². The molecule has 0 aliphatic heterocycles. The van der Waals surface area contributed by atoms with Gasteiger partial charge in [-0.2, -0.15) is 0 Å². The molecule has 0 saturated heterocycles. The first-order chi connectivity index (χ1) is 14.3. The van der Waals surface area contributed by atoms with Crippen LogP contribution < -0.4 is 10.0 Å². The maximum Gasteiger partial charge on any atom is 0.337 e. The van der Waals surface area contributed by atoms with Crippen molar-refractivity contribution in [2.24, 2.45) is 0 Å². The van der Waals surface area contributed by atoms with E-state index in [1.807, 2.05) is 0 Å². The second-order valence-electron chi connectivity index (χ2n) is 6.14. The van der Waals surface area contributed by atoms with Gasteiger partial charge in [-0.05, 0) is 53.4 Å². The number of hydrogen-bond donors (Lipinski definition) is 2. The number of hydrogen-bond acceptors (Lipinski definition) is 6. The fourth-order valence-electron chi connectivity index (χ4n) is 2.62. The summed E-state index contributed by atoms with van der Waals surface area (Å²) in [5.74, 6) is -0.990. The summed E-state index contributed by atoms with van der Waals surface area (Å²) in [4.78, 5) is 24.4. The Bertz CT molecular complexity index is 1180. The first kappa shape index (κ1) is 21.8. The van der Waals surface area contributed by atoms with E-state index >= 15 is 0 Å². The van der Waals surface area contributed by atoms with Crippen molar-refractivity contribution in [1.82, 2.24) is 5.32 Å². The van der Waals surface area contributed by atoms with E-state index in [4.69, 9.17) is 16.3 Å². The molecule has 7 nitrogen and oxygen atoms in total. The van der Waals surface area contributed by atoms with Crippen LogP contribution in [0.3, 0.4) is 0 Å². The minimum absolute atomic E-state index is 0.0594. The second-order valence-corrected chi connectivity index (χ2v) is 9.43. The number of nitrogens with one attached hydrogen (secondary N) is 2. The fraction of sp³-hybridized carbons (Fsp3) is 0.100. The molecular formula is C20H17ClN2O5S2. The molecule has 0 unspecified atom stereocenters. The number of amides is 1. The Hall–Kier alpha value is -2.88. The van der Waals surface area contributed by atoms with Gasteiger partial charge in [0.25, 0.3) is 15.9 Å². The predicted octanol–water partition coefficient (Wildman–Crippen LogP) is 3.92. The van der Waals surface area contributed by atoms with Gasteiger partial charge in [0, 0.05) is 17.1 Å². The van der Waals surface area contributed by atoms with Crippen LogP contribution in [0.25, 0.3) is 0 Å². The van der Waals surface area contributed by atoms with Gasteiger partial charge in [-0.15, -0.1) is 11.3 Å². The average Bonchev–Trinajstić information content (AvgIpc) is 3.27. The van der Waals surface area contributed by atoms with Crippen LogP contribution in [-0.4, -0.2) is 27.4 Å². The predicted molar refractivity (Wildman–Crippen MR) is 116 cm³/mol. The number of carbonyl (C=O) groups is 2. The Morgan fingerprint density at radius 2 is 1.87 bits per heavy atom. The third-order valence-corrected chi connectivity index (χ3v) is 6.98. The van der Waals surface area contributed by atoms with Crippen LogP contribution in [0.1, 0.15) is 26.3 Å². The Morgan fingerprint density at radius 3 is 2.53 bits per heavy atom. The molecule has 3 rings (SSSR count). The van der Waals surface area contributed by atoms with Crippen LogP contribution in [0.5, 0.6) is 0 Å². The smallest absolute Gasteiger partial charge is 0.337 e. The number of ether oxygens (including phenoxy) is 1. The van der Waals surface area contributed by atoms with Crippen LogP contribution in [0.2, 0.25) is 5.02 Å². The van der Waals surface area contributed by atoms with E-state index in [1.165, 1.54) is 37.4 Å². The highest BCUT2D eigenvalue weighted by Gasteiger charge is 2.17. The van der Waals surface area contributed by atoms with E-state index in [1.54, 1.807) is 29.6 Å². The SMILES string of the molecule is COC(=O)c1cc(CNC(=O)c2cccc(Cl)c2)cc(NS(=O)(=O)c2cccs2)c1. The standard InChI is InChI=1S/C20H17ClN2O5S2/c1-28-20(25)15-8-13(12-22-19(24)14-4-2-5-16(21)10-14)9-17(11-15)23-30(26,27)18-6-3-7-29-18/h2-11,23H,12H2,1H3,(H,22,24). The maximum absolute atomic E-state index is 12.5. The van der Waals surface area contributed by atoms with Crippen molar-refractivity contribution in [3.8, 4) is 0 Å². The van der Waals surface area contributed by atoms with E-state index in [-0.39, 0.29) is 27.9 Å². The molecule has 0 radical (unpaired) electrons. The molecule has 0 aliphatic carbocycles. The Balaban J connectivity index is 1.84. The summed E-state index contributed by atoms with van der Waals surface area (Å²) in [6.07, 6.45) is 0. The van der Waals surface area contributed by atoms with Crippen molar-refractivity contribution < 1.29 is 22.7 Å². The van der Waals surface area contributed by atoms with Gasteiger partial charge < -0.3 is 10.1 Å². The van der Waals surface area contributed by atoms with Gasteiger partial charge in [-0.3, -0.25) is 9.52 Å². The number of benzene rings is 2. The van der Waals surface area contributed by atoms with E-state index in [0.29, 0.717) is 16.1 Å². The van der Waals surface area contributed by atoms with Crippen molar-refractivity contribution >= 4 is 50.5 Å². The Labute approximate surface area is 182 Å². The normalized spacial score (nSPS) is 11.0. The lowest BCUT2D eigenvalue weighted by molar-refractivity contribution is 0.0600. The van der Waals surface area contributed by atoms with Gasteiger partial charge in [-0.1, -0.05) is 23.7 Å². The highest BCUT2D eigenvalue weighted by Crippen LogP contribution is 2.23. The number of halogens is 1. The van der Waals surface area contributed by atoms with Gasteiger partial charge in [0.05, 0.1) is 18.4 Å². The molecule has 0 bridgehead atoms. The summed E-state index contributed by atoms with van der Waals surface area (Å²) in [5, 5.41) is 4.80. The summed E-state index contributed by atoms with van der Waals surface area (Å²) in [5.41, 5.74) is 1.22. The van der Waals surface area contributed by atoms with E-state index in [9.17, 15) is 18.0 Å². The van der Waals surface area contributed by atoms with Crippen LogP contribution in [0.4, 0.5) is 5.69 Å². The van der Waals surface area contributed by atoms with Crippen molar-refractivity contribution in [2.75, 3.05) is 11.8 Å². The summed E-state index contributed by atoms with van der Waals surface area (Å²) in [6.45, 7) is 0.0594. The molecule has 0 atom stereocenters. The zero-order valence-corrected chi connectivity index (χ0v) is 18.1. The van der Waals surface area contributed by atoms with E-state index in [0.717, 1.165) is 11.3 Å². The third-order valence-electron chi connectivity index (χ3n) is 3.97. The molecule has 1 amide bonds. The largest absolute Gasteiger partial charge is 0.465 e. The molecule has 2 aromatic carbocycles. The lowest BCUT2D eigenvalue weighted by Crippen LogP contribution is -2.23. The highest BCUT2D eigenvalue weighted by molar-refractivity contribution is 7.94. The number of rotatable bonds is 7. The molecule has 156 valence electrons. The molecule has 0 spiro atoms. The number of carbonyl (C=O) groups excluding carboxylic acids is 2. The van der Waals surface area contributed by atoms with E-state index in [2.05, 4.69) is 10.0 Å². The first-order valence-electron chi connectivity index (χ1n) is 8.61. The van der Waals surface area contributed by atoms with Gasteiger partial charge in [0.2, 0.25) is 0 Å². The number of esters is 1. The van der Waals surface area contributed by atoms with Gasteiger partial charge >= 0.3 is 5.97 Å². The molecule has 2 N–H and O–H groups in total. The molecule has 3 aromatic rings. The van der Waals surface area contributed by atoms with Crippen molar-refractivity contribution in [2.45, 2.75) is 10.8 Å². The lowest BCUT2D eigenvalue weighted by Gasteiger charge is -2.12. The summed E-state index contributed by atoms with van der Waals surface area (Å²) in [6, 6.07) is 14.0. The zero-order valence-electron chi connectivity index (χ0n) is 15.7. The monoisotopic (exact) mass is 464 g/mol.